The van der Waals surface area contributed by atoms with E-state index in [1.165, 1.54) is 6.07 Å². The van der Waals surface area contributed by atoms with Crippen LogP contribution in [-0.4, -0.2) is 25.0 Å². The molecule has 0 heterocycles. The smallest absolute Gasteiger partial charge is 0.141 e. The van der Waals surface area contributed by atoms with E-state index in [4.69, 9.17) is 11.6 Å². The molecule has 0 spiro atoms. The Kier molecular flexibility index (Phi) is 4.36. The molecule has 0 aliphatic carbocycles. The Labute approximate surface area is 89.5 Å². The summed E-state index contributed by atoms with van der Waals surface area (Å²) in [4.78, 5) is 2.21. The van der Waals surface area contributed by atoms with E-state index in [2.05, 4.69) is 18.9 Å². The zero-order valence-corrected chi connectivity index (χ0v) is 9.31. The number of benzene rings is 1. The van der Waals surface area contributed by atoms with Crippen LogP contribution in [-0.2, 0) is 6.42 Å². The summed E-state index contributed by atoms with van der Waals surface area (Å²) in [5.74, 6) is -0.348. The van der Waals surface area contributed by atoms with E-state index in [1.807, 2.05) is 0 Å². The minimum atomic E-state index is -0.348. The summed E-state index contributed by atoms with van der Waals surface area (Å²) in [6.45, 7) is 4.10. The van der Waals surface area contributed by atoms with Crippen molar-refractivity contribution >= 4 is 11.6 Å². The molecule has 0 radical (unpaired) electrons. The lowest BCUT2D eigenvalue weighted by Gasteiger charge is -2.13. The van der Waals surface area contributed by atoms with Crippen LogP contribution in [0.1, 0.15) is 12.5 Å². The number of rotatable bonds is 4. The summed E-state index contributed by atoms with van der Waals surface area (Å²) in [5, 5.41) is 0.210. The number of likely N-dealkylation sites (N-methyl/N-ethyl adjacent to an activating group) is 1. The second-order valence-corrected chi connectivity index (χ2v) is 3.80. The SMILES string of the molecule is CCN(C)CCc1ccc(F)c(Cl)c1. The average Bonchev–Trinajstić information content (AvgIpc) is 2.19. The standard InChI is InChI=1S/C11H15ClFN/c1-3-14(2)7-6-9-4-5-11(13)10(12)8-9/h4-5,8H,3,6-7H2,1-2H3. The Balaban J connectivity index is 2.55. The average molecular weight is 216 g/mol. The third-order valence-electron chi connectivity index (χ3n) is 2.31. The van der Waals surface area contributed by atoms with Crippen molar-refractivity contribution in [1.82, 2.24) is 4.90 Å². The van der Waals surface area contributed by atoms with Crippen molar-refractivity contribution in [2.24, 2.45) is 0 Å². The zero-order valence-electron chi connectivity index (χ0n) is 8.56. The monoisotopic (exact) mass is 215 g/mol. The van der Waals surface area contributed by atoms with Gasteiger partial charge in [-0.15, -0.1) is 0 Å². The second kappa shape index (κ2) is 5.32. The summed E-state index contributed by atoms with van der Waals surface area (Å²) >= 11 is 5.67. The Morgan fingerprint density at radius 3 is 2.71 bits per heavy atom. The molecule has 0 fully saturated rings. The van der Waals surface area contributed by atoms with Gasteiger partial charge in [-0.25, -0.2) is 4.39 Å². The molecule has 14 heavy (non-hydrogen) atoms. The molecule has 0 N–H and O–H groups in total. The Morgan fingerprint density at radius 1 is 1.43 bits per heavy atom. The van der Waals surface area contributed by atoms with Crippen molar-refractivity contribution in [2.75, 3.05) is 20.1 Å². The topological polar surface area (TPSA) is 3.24 Å². The first-order valence-electron chi connectivity index (χ1n) is 4.76. The molecule has 1 aromatic rings. The van der Waals surface area contributed by atoms with E-state index in [0.29, 0.717) is 0 Å². The van der Waals surface area contributed by atoms with Gasteiger partial charge in [0.1, 0.15) is 5.82 Å². The van der Waals surface area contributed by atoms with Crippen LogP contribution >= 0.6 is 11.6 Å². The summed E-state index contributed by atoms with van der Waals surface area (Å²) in [6, 6.07) is 4.90. The summed E-state index contributed by atoms with van der Waals surface area (Å²) in [5.41, 5.74) is 1.08. The Hall–Kier alpha value is -0.600. The largest absolute Gasteiger partial charge is 0.306 e. The lowest BCUT2D eigenvalue weighted by molar-refractivity contribution is 0.357. The van der Waals surface area contributed by atoms with Gasteiger partial charge >= 0.3 is 0 Å². The van der Waals surface area contributed by atoms with Crippen LogP contribution in [0.15, 0.2) is 18.2 Å². The van der Waals surface area contributed by atoms with Crippen molar-refractivity contribution in [2.45, 2.75) is 13.3 Å². The maximum Gasteiger partial charge on any atom is 0.141 e. The third-order valence-corrected chi connectivity index (χ3v) is 2.60. The van der Waals surface area contributed by atoms with Gasteiger partial charge in [0.05, 0.1) is 5.02 Å². The van der Waals surface area contributed by atoms with Gasteiger partial charge in [-0.05, 0) is 37.7 Å². The molecule has 3 heteroatoms. The van der Waals surface area contributed by atoms with Crippen LogP contribution in [0.4, 0.5) is 4.39 Å². The minimum absolute atomic E-state index is 0.210. The highest BCUT2D eigenvalue weighted by Crippen LogP contribution is 2.16. The number of halogens is 2. The molecule has 0 saturated heterocycles. The van der Waals surface area contributed by atoms with Crippen molar-refractivity contribution in [3.8, 4) is 0 Å². The molecule has 1 nitrogen and oxygen atoms in total. The highest BCUT2D eigenvalue weighted by molar-refractivity contribution is 6.30. The van der Waals surface area contributed by atoms with Gasteiger partial charge in [0.25, 0.3) is 0 Å². The normalized spacial score (nSPS) is 10.9. The van der Waals surface area contributed by atoms with E-state index < -0.39 is 0 Å². The first kappa shape index (κ1) is 11.5. The van der Waals surface area contributed by atoms with Gasteiger partial charge in [-0.3, -0.25) is 0 Å². The molecular formula is C11H15ClFN. The highest BCUT2D eigenvalue weighted by atomic mass is 35.5. The van der Waals surface area contributed by atoms with Crippen molar-refractivity contribution in [1.29, 1.82) is 0 Å². The zero-order chi connectivity index (χ0) is 10.6. The van der Waals surface area contributed by atoms with Crippen molar-refractivity contribution < 1.29 is 4.39 Å². The van der Waals surface area contributed by atoms with Gasteiger partial charge < -0.3 is 4.90 Å². The molecule has 0 aliphatic heterocycles. The first-order valence-corrected chi connectivity index (χ1v) is 5.13. The molecule has 0 unspecified atom stereocenters. The summed E-state index contributed by atoms with van der Waals surface area (Å²) < 4.78 is 12.8. The van der Waals surface area contributed by atoms with Crippen LogP contribution < -0.4 is 0 Å². The van der Waals surface area contributed by atoms with E-state index in [-0.39, 0.29) is 10.8 Å². The molecule has 78 valence electrons. The van der Waals surface area contributed by atoms with Gasteiger partial charge in [0.2, 0.25) is 0 Å². The molecule has 0 atom stereocenters. The predicted molar refractivity (Wildman–Crippen MR) is 58.3 cm³/mol. The van der Waals surface area contributed by atoms with Crippen LogP contribution in [0.5, 0.6) is 0 Å². The lowest BCUT2D eigenvalue weighted by Crippen LogP contribution is -2.20. The summed E-state index contributed by atoms with van der Waals surface area (Å²) in [7, 11) is 2.06. The van der Waals surface area contributed by atoms with E-state index in [1.54, 1.807) is 12.1 Å². The van der Waals surface area contributed by atoms with Gasteiger partial charge in [0, 0.05) is 6.54 Å². The van der Waals surface area contributed by atoms with Crippen LogP contribution in [0.25, 0.3) is 0 Å². The van der Waals surface area contributed by atoms with Crippen LogP contribution in [0, 0.1) is 5.82 Å². The van der Waals surface area contributed by atoms with E-state index >= 15 is 0 Å². The molecule has 1 aromatic carbocycles. The fraction of sp³-hybridized carbons (Fsp3) is 0.455. The van der Waals surface area contributed by atoms with Gasteiger partial charge in [-0.1, -0.05) is 24.6 Å². The number of nitrogens with zero attached hydrogens (tertiary/aromatic N) is 1. The summed E-state index contributed by atoms with van der Waals surface area (Å²) in [6.07, 6.45) is 0.907. The fourth-order valence-electron chi connectivity index (χ4n) is 1.17. The Morgan fingerprint density at radius 2 is 2.14 bits per heavy atom. The van der Waals surface area contributed by atoms with E-state index in [9.17, 15) is 4.39 Å². The Bertz CT molecular complexity index is 301. The quantitative estimate of drug-likeness (QED) is 0.747. The molecule has 0 aromatic heterocycles. The molecule has 0 aliphatic rings. The fourth-order valence-corrected chi connectivity index (χ4v) is 1.38. The molecule has 0 saturated carbocycles. The molecule has 0 amide bonds. The molecule has 0 bridgehead atoms. The highest BCUT2D eigenvalue weighted by Gasteiger charge is 2.01. The van der Waals surface area contributed by atoms with Crippen LogP contribution in [0.3, 0.4) is 0 Å². The molecule has 1 rings (SSSR count). The predicted octanol–water partition coefficient (Wildman–Crippen LogP) is 2.97. The number of hydrogen-bond donors (Lipinski definition) is 0. The number of hydrogen-bond acceptors (Lipinski definition) is 1. The van der Waals surface area contributed by atoms with Crippen molar-refractivity contribution in [3.63, 3.8) is 0 Å². The maximum absolute atomic E-state index is 12.8. The van der Waals surface area contributed by atoms with Gasteiger partial charge in [-0.2, -0.15) is 0 Å². The van der Waals surface area contributed by atoms with Crippen LogP contribution in [0.2, 0.25) is 5.02 Å². The first-order chi connectivity index (χ1) is 6.63. The maximum atomic E-state index is 12.8. The lowest BCUT2D eigenvalue weighted by atomic mass is 10.1. The van der Waals surface area contributed by atoms with Gasteiger partial charge in [0.15, 0.2) is 0 Å². The second-order valence-electron chi connectivity index (χ2n) is 3.39. The third kappa shape index (κ3) is 3.28. The molecular weight excluding hydrogens is 201 g/mol. The van der Waals surface area contributed by atoms with E-state index in [0.717, 1.165) is 25.1 Å². The van der Waals surface area contributed by atoms with Crippen molar-refractivity contribution in [3.05, 3.63) is 34.6 Å². The minimum Gasteiger partial charge on any atom is -0.306 e.